The van der Waals surface area contributed by atoms with Crippen LogP contribution < -0.4 is 14.8 Å². The van der Waals surface area contributed by atoms with Crippen LogP contribution >= 0.6 is 15.9 Å². The van der Waals surface area contributed by atoms with Gasteiger partial charge in [0.1, 0.15) is 19.3 Å². The monoisotopic (exact) mass is 458 g/mol. The Morgan fingerprint density at radius 1 is 1.10 bits per heavy atom. The van der Waals surface area contributed by atoms with Gasteiger partial charge in [0, 0.05) is 16.6 Å². The summed E-state index contributed by atoms with van der Waals surface area (Å²) in [5.74, 6) is 1.18. The molecule has 2 unspecified atom stereocenters. The highest BCUT2D eigenvalue weighted by Crippen LogP contribution is 2.32. The first-order valence-corrected chi connectivity index (χ1v) is 10.6. The molecule has 1 N–H and O–H groups in total. The van der Waals surface area contributed by atoms with Crippen molar-refractivity contribution in [3.8, 4) is 11.5 Å². The molecule has 7 heteroatoms. The highest BCUT2D eigenvalue weighted by atomic mass is 79.9. The fourth-order valence-electron chi connectivity index (χ4n) is 3.76. The van der Waals surface area contributed by atoms with Crippen molar-refractivity contribution in [2.24, 2.45) is 0 Å². The predicted molar refractivity (Wildman–Crippen MR) is 112 cm³/mol. The molecule has 0 aliphatic carbocycles. The van der Waals surface area contributed by atoms with Crippen LogP contribution in [0.4, 0.5) is 0 Å². The van der Waals surface area contributed by atoms with Crippen molar-refractivity contribution in [2.45, 2.75) is 31.8 Å². The van der Waals surface area contributed by atoms with Gasteiger partial charge in [-0.1, -0.05) is 22.0 Å². The number of hydrogen-bond donors (Lipinski definition) is 1. The minimum absolute atomic E-state index is 0.109. The smallest absolute Gasteiger partial charge is 0.254 e. The molecule has 2 atom stereocenters. The summed E-state index contributed by atoms with van der Waals surface area (Å²) in [4.78, 5) is 27.5. The predicted octanol–water partition coefficient (Wildman–Crippen LogP) is 3.70. The molecule has 0 radical (unpaired) electrons. The number of nitrogens with zero attached hydrogens (tertiary/aromatic N) is 1. The van der Waals surface area contributed by atoms with Crippen molar-refractivity contribution in [3.63, 3.8) is 0 Å². The van der Waals surface area contributed by atoms with E-state index in [1.54, 1.807) is 17.0 Å². The van der Waals surface area contributed by atoms with Crippen LogP contribution in [0.1, 0.15) is 41.7 Å². The molecule has 0 spiro atoms. The van der Waals surface area contributed by atoms with Crippen molar-refractivity contribution in [3.05, 3.63) is 58.1 Å². The van der Waals surface area contributed by atoms with Crippen LogP contribution in [0.5, 0.6) is 11.5 Å². The molecule has 2 aromatic carbocycles. The zero-order valence-corrected chi connectivity index (χ0v) is 17.8. The quantitative estimate of drug-likeness (QED) is 0.758. The van der Waals surface area contributed by atoms with Gasteiger partial charge in [-0.25, -0.2) is 0 Å². The number of hydrogen-bond acceptors (Lipinski definition) is 4. The molecule has 2 aromatic rings. The number of ether oxygens (including phenoxy) is 2. The molecule has 6 nitrogen and oxygen atoms in total. The second kappa shape index (κ2) is 8.45. The van der Waals surface area contributed by atoms with Crippen LogP contribution in [0, 0.1) is 0 Å². The second-order valence-corrected chi connectivity index (χ2v) is 8.21. The third kappa shape index (κ3) is 4.24. The Morgan fingerprint density at radius 2 is 1.83 bits per heavy atom. The zero-order valence-electron chi connectivity index (χ0n) is 16.2. The fourth-order valence-corrected chi connectivity index (χ4v) is 4.03. The standard InChI is InChI=1S/C22H23BrN2O4/c1-14(16-6-9-19-20(13-16)29-12-11-28-19)24-21(26)18-3-2-10-25(18)22(27)15-4-7-17(23)8-5-15/h4-9,13-14,18H,2-3,10-12H2,1H3,(H,24,26). The lowest BCUT2D eigenvalue weighted by Gasteiger charge is -2.26. The van der Waals surface area contributed by atoms with E-state index in [4.69, 9.17) is 9.47 Å². The molecule has 1 saturated heterocycles. The number of nitrogens with one attached hydrogen (secondary N) is 1. The average molecular weight is 459 g/mol. The van der Waals surface area contributed by atoms with Crippen LogP contribution in [0.25, 0.3) is 0 Å². The number of benzene rings is 2. The van der Waals surface area contributed by atoms with Gasteiger partial charge >= 0.3 is 0 Å². The van der Waals surface area contributed by atoms with Gasteiger partial charge in [-0.05, 0) is 61.7 Å². The third-order valence-corrected chi connectivity index (χ3v) is 5.86. The average Bonchev–Trinajstić information content (AvgIpc) is 3.23. The minimum Gasteiger partial charge on any atom is -0.486 e. The Hall–Kier alpha value is -2.54. The molecular weight excluding hydrogens is 436 g/mol. The Kier molecular flexibility index (Phi) is 5.76. The molecule has 2 amide bonds. The number of carbonyl (C=O) groups excluding carboxylic acids is 2. The molecule has 152 valence electrons. The van der Waals surface area contributed by atoms with Gasteiger partial charge in [0.2, 0.25) is 5.91 Å². The van der Waals surface area contributed by atoms with Gasteiger partial charge in [-0.2, -0.15) is 0 Å². The molecule has 1 fully saturated rings. The molecule has 0 aromatic heterocycles. The number of carbonyl (C=O) groups is 2. The molecule has 29 heavy (non-hydrogen) atoms. The van der Waals surface area contributed by atoms with Crippen LogP contribution in [0.15, 0.2) is 46.9 Å². The minimum atomic E-state index is -0.453. The molecule has 2 heterocycles. The lowest BCUT2D eigenvalue weighted by atomic mass is 10.1. The highest BCUT2D eigenvalue weighted by Gasteiger charge is 2.35. The SMILES string of the molecule is CC(NC(=O)C1CCCN1C(=O)c1ccc(Br)cc1)c1ccc2c(c1)OCCO2. The molecule has 0 bridgehead atoms. The summed E-state index contributed by atoms with van der Waals surface area (Å²) in [5.41, 5.74) is 1.53. The lowest BCUT2D eigenvalue weighted by Crippen LogP contribution is -2.46. The van der Waals surface area contributed by atoms with E-state index in [0.717, 1.165) is 22.2 Å². The van der Waals surface area contributed by atoms with Crippen LogP contribution in [-0.2, 0) is 4.79 Å². The molecule has 4 rings (SSSR count). The highest BCUT2D eigenvalue weighted by molar-refractivity contribution is 9.10. The molecule has 0 saturated carbocycles. The number of fused-ring (bicyclic) bond motifs is 1. The van der Waals surface area contributed by atoms with Crippen molar-refractivity contribution >= 4 is 27.7 Å². The maximum absolute atomic E-state index is 12.9. The fraction of sp³-hybridized carbons (Fsp3) is 0.364. The number of likely N-dealkylation sites (tertiary alicyclic amines) is 1. The third-order valence-electron chi connectivity index (χ3n) is 5.33. The van der Waals surface area contributed by atoms with Gasteiger partial charge in [0.15, 0.2) is 11.5 Å². The van der Waals surface area contributed by atoms with E-state index in [1.807, 2.05) is 37.3 Å². The summed E-state index contributed by atoms with van der Waals surface area (Å²) in [5, 5.41) is 3.05. The number of halogens is 1. The van der Waals surface area contributed by atoms with E-state index in [9.17, 15) is 9.59 Å². The van der Waals surface area contributed by atoms with Crippen LogP contribution in [0.2, 0.25) is 0 Å². The first kappa shape index (κ1) is 19.8. The van der Waals surface area contributed by atoms with Crippen molar-refractivity contribution in [1.29, 1.82) is 0 Å². The number of amides is 2. The van der Waals surface area contributed by atoms with Crippen LogP contribution in [-0.4, -0.2) is 42.5 Å². The summed E-state index contributed by atoms with van der Waals surface area (Å²) >= 11 is 3.38. The van der Waals surface area contributed by atoms with Gasteiger partial charge in [0.25, 0.3) is 5.91 Å². The molecular formula is C22H23BrN2O4. The summed E-state index contributed by atoms with van der Waals surface area (Å²) in [6.45, 7) is 3.58. The van der Waals surface area contributed by atoms with Gasteiger partial charge in [0.05, 0.1) is 6.04 Å². The van der Waals surface area contributed by atoms with E-state index < -0.39 is 6.04 Å². The van der Waals surface area contributed by atoms with Gasteiger partial charge in [-0.15, -0.1) is 0 Å². The Labute approximate surface area is 178 Å². The Morgan fingerprint density at radius 3 is 2.59 bits per heavy atom. The molecule has 2 aliphatic heterocycles. The first-order valence-electron chi connectivity index (χ1n) is 9.79. The second-order valence-electron chi connectivity index (χ2n) is 7.30. The lowest BCUT2D eigenvalue weighted by molar-refractivity contribution is -0.125. The maximum atomic E-state index is 12.9. The van der Waals surface area contributed by atoms with E-state index in [2.05, 4.69) is 21.2 Å². The van der Waals surface area contributed by atoms with E-state index in [1.165, 1.54) is 0 Å². The first-order chi connectivity index (χ1) is 14.0. The number of rotatable bonds is 4. The zero-order chi connectivity index (χ0) is 20.4. The van der Waals surface area contributed by atoms with E-state index >= 15 is 0 Å². The summed E-state index contributed by atoms with van der Waals surface area (Å²) in [6.07, 6.45) is 1.49. The van der Waals surface area contributed by atoms with Crippen molar-refractivity contribution in [2.75, 3.05) is 19.8 Å². The van der Waals surface area contributed by atoms with E-state index in [0.29, 0.717) is 37.5 Å². The largest absolute Gasteiger partial charge is 0.486 e. The Bertz CT molecular complexity index is 916. The summed E-state index contributed by atoms with van der Waals surface area (Å²) in [6, 6.07) is 12.3. The van der Waals surface area contributed by atoms with Crippen LogP contribution in [0.3, 0.4) is 0 Å². The maximum Gasteiger partial charge on any atom is 0.254 e. The normalized spacial score (nSPS) is 19.0. The van der Waals surface area contributed by atoms with Gasteiger partial charge in [-0.3, -0.25) is 9.59 Å². The Balaban J connectivity index is 1.44. The van der Waals surface area contributed by atoms with Gasteiger partial charge < -0.3 is 19.7 Å². The topological polar surface area (TPSA) is 67.9 Å². The summed E-state index contributed by atoms with van der Waals surface area (Å²) < 4.78 is 12.1. The van der Waals surface area contributed by atoms with E-state index in [-0.39, 0.29) is 17.9 Å². The molecule has 2 aliphatic rings. The summed E-state index contributed by atoms with van der Waals surface area (Å²) in [7, 11) is 0. The van der Waals surface area contributed by atoms with Crippen molar-refractivity contribution in [1.82, 2.24) is 10.2 Å². The van der Waals surface area contributed by atoms with Crippen molar-refractivity contribution < 1.29 is 19.1 Å².